The van der Waals surface area contributed by atoms with Crippen LogP contribution in [0.5, 0.6) is 5.88 Å². The minimum Gasteiger partial charge on any atom is -0.481 e. The van der Waals surface area contributed by atoms with Crippen molar-refractivity contribution >= 4 is 5.97 Å². The van der Waals surface area contributed by atoms with E-state index in [4.69, 9.17) is 9.47 Å². The van der Waals surface area contributed by atoms with E-state index in [9.17, 15) is 9.90 Å². The lowest BCUT2D eigenvalue weighted by Gasteiger charge is -2.24. The fourth-order valence-electron chi connectivity index (χ4n) is 2.32. The van der Waals surface area contributed by atoms with Gasteiger partial charge in [-0.05, 0) is 12.8 Å². The summed E-state index contributed by atoms with van der Waals surface area (Å²) in [5.41, 5.74) is 1.18. The van der Waals surface area contributed by atoms with Crippen molar-refractivity contribution in [2.75, 3.05) is 14.2 Å². The zero-order chi connectivity index (χ0) is 14.7. The summed E-state index contributed by atoms with van der Waals surface area (Å²) in [5.74, 6) is -0.694. The highest BCUT2D eigenvalue weighted by molar-refractivity contribution is 5.73. The van der Waals surface area contributed by atoms with Crippen LogP contribution in [0.2, 0.25) is 0 Å². The zero-order valence-electron chi connectivity index (χ0n) is 12.3. The van der Waals surface area contributed by atoms with Crippen molar-refractivity contribution < 1.29 is 19.4 Å². The molecule has 1 N–H and O–H groups in total. The van der Waals surface area contributed by atoms with Gasteiger partial charge in [0.05, 0.1) is 37.5 Å². The van der Waals surface area contributed by atoms with E-state index in [1.165, 1.54) is 14.2 Å². The third-order valence-corrected chi connectivity index (χ3v) is 3.23. The Balaban J connectivity index is 3.23. The first-order chi connectivity index (χ1) is 8.84. The maximum atomic E-state index is 11.8. The standard InChI is InChI=1S/C13H22N2O4/c1-7(2)9(13(17)19-6)11(16)10-8(3)14-15(4)12(10)18-5/h7,9,11,16H,1-6H3. The van der Waals surface area contributed by atoms with Crippen LogP contribution in [0.4, 0.5) is 0 Å². The topological polar surface area (TPSA) is 73.6 Å². The molecule has 0 saturated heterocycles. The summed E-state index contributed by atoms with van der Waals surface area (Å²) in [6.45, 7) is 5.50. The van der Waals surface area contributed by atoms with Crippen molar-refractivity contribution in [1.82, 2.24) is 9.78 Å². The summed E-state index contributed by atoms with van der Waals surface area (Å²) in [6, 6.07) is 0. The smallest absolute Gasteiger partial charge is 0.311 e. The van der Waals surface area contributed by atoms with Crippen molar-refractivity contribution in [3.05, 3.63) is 11.3 Å². The minimum absolute atomic E-state index is 0.0632. The van der Waals surface area contributed by atoms with Gasteiger partial charge in [0, 0.05) is 7.05 Å². The van der Waals surface area contributed by atoms with E-state index in [1.54, 1.807) is 18.7 Å². The second-order valence-electron chi connectivity index (χ2n) is 4.87. The highest BCUT2D eigenvalue weighted by Crippen LogP contribution is 2.36. The first kappa shape index (κ1) is 15.5. The lowest BCUT2D eigenvalue weighted by Crippen LogP contribution is -2.28. The molecule has 6 heteroatoms. The van der Waals surface area contributed by atoms with Crippen LogP contribution in [0.15, 0.2) is 0 Å². The van der Waals surface area contributed by atoms with E-state index in [1.807, 2.05) is 13.8 Å². The molecule has 0 radical (unpaired) electrons. The normalized spacial score (nSPS) is 14.3. The molecule has 0 aliphatic carbocycles. The predicted octanol–water partition coefficient (Wildman–Crippen LogP) is 1.22. The molecule has 0 aromatic carbocycles. The molecule has 1 aromatic rings. The van der Waals surface area contributed by atoms with Crippen molar-refractivity contribution in [3.8, 4) is 5.88 Å². The second kappa shape index (κ2) is 6.06. The van der Waals surface area contributed by atoms with Gasteiger partial charge < -0.3 is 14.6 Å². The maximum absolute atomic E-state index is 11.8. The van der Waals surface area contributed by atoms with Gasteiger partial charge in [0.25, 0.3) is 0 Å². The fourth-order valence-corrected chi connectivity index (χ4v) is 2.32. The number of aliphatic hydroxyl groups excluding tert-OH is 1. The quantitative estimate of drug-likeness (QED) is 0.814. The Kier molecular flexibility index (Phi) is 4.94. The monoisotopic (exact) mass is 270 g/mol. The van der Waals surface area contributed by atoms with Gasteiger partial charge in [-0.25, -0.2) is 4.68 Å². The van der Waals surface area contributed by atoms with E-state index < -0.39 is 18.0 Å². The number of aryl methyl sites for hydroxylation is 2. The van der Waals surface area contributed by atoms with Crippen molar-refractivity contribution in [3.63, 3.8) is 0 Å². The van der Waals surface area contributed by atoms with Gasteiger partial charge in [-0.3, -0.25) is 4.79 Å². The van der Waals surface area contributed by atoms with Gasteiger partial charge in [-0.1, -0.05) is 13.8 Å². The van der Waals surface area contributed by atoms with Gasteiger partial charge in [-0.2, -0.15) is 5.10 Å². The molecule has 0 aliphatic heterocycles. The SMILES string of the molecule is COC(=O)C(C(C)C)C(O)c1c(C)nn(C)c1OC. The second-order valence-corrected chi connectivity index (χ2v) is 4.87. The number of esters is 1. The molecular weight excluding hydrogens is 248 g/mol. The lowest BCUT2D eigenvalue weighted by molar-refractivity contribution is -0.152. The largest absolute Gasteiger partial charge is 0.481 e. The molecule has 2 atom stereocenters. The van der Waals surface area contributed by atoms with Crippen molar-refractivity contribution in [1.29, 1.82) is 0 Å². The Labute approximate surface area is 113 Å². The molecule has 1 aromatic heterocycles. The van der Waals surface area contributed by atoms with E-state index in [0.717, 1.165) is 0 Å². The molecule has 0 spiro atoms. The highest BCUT2D eigenvalue weighted by atomic mass is 16.5. The maximum Gasteiger partial charge on any atom is 0.311 e. The van der Waals surface area contributed by atoms with Crippen LogP contribution in [0.25, 0.3) is 0 Å². The van der Waals surface area contributed by atoms with E-state index >= 15 is 0 Å². The lowest BCUT2D eigenvalue weighted by atomic mass is 9.86. The van der Waals surface area contributed by atoms with Gasteiger partial charge in [0.1, 0.15) is 0 Å². The molecular formula is C13H22N2O4. The Bertz CT molecular complexity index is 454. The van der Waals surface area contributed by atoms with Crippen LogP contribution in [0.3, 0.4) is 0 Å². The molecule has 108 valence electrons. The first-order valence-corrected chi connectivity index (χ1v) is 6.18. The van der Waals surface area contributed by atoms with Crippen LogP contribution in [-0.4, -0.2) is 35.1 Å². The Morgan fingerprint density at radius 2 is 1.95 bits per heavy atom. The molecule has 0 bridgehead atoms. The Hall–Kier alpha value is -1.56. The third-order valence-electron chi connectivity index (χ3n) is 3.23. The van der Waals surface area contributed by atoms with Gasteiger partial charge in [-0.15, -0.1) is 0 Å². The summed E-state index contributed by atoms with van der Waals surface area (Å²) in [5, 5.41) is 14.7. The van der Waals surface area contributed by atoms with E-state index in [2.05, 4.69) is 5.10 Å². The third kappa shape index (κ3) is 2.89. The summed E-state index contributed by atoms with van der Waals surface area (Å²) >= 11 is 0. The van der Waals surface area contributed by atoms with Gasteiger partial charge in [0.15, 0.2) is 0 Å². The average molecular weight is 270 g/mol. The number of hydrogen-bond donors (Lipinski definition) is 1. The number of methoxy groups -OCH3 is 2. The molecule has 2 unspecified atom stereocenters. The highest BCUT2D eigenvalue weighted by Gasteiger charge is 2.36. The zero-order valence-corrected chi connectivity index (χ0v) is 12.3. The van der Waals surface area contributed by atoms with Crippen LogP contribution >= 0.6 is 0 Å². The van der Waals surface area contributed by atoms with Crippen LogP contribution in [-0.2, 0) is 16.6 Å². The number of hydrogen-bond acceptors (Lipinski definition) is 5. The minimum atomic E-state index is -1.00. The van der Waals surface area contributed by atoms with E-state index in [0.29, 0.717) is 17.1 Å². The summed E-state index contributed by atoms with van der Waals surface area (Å²) in [6.07, 6.45) is -1.00. The van der Waals surface area contributed by atoms with E-state index in [-0.39, 0.29) is 5.92 Å². The Morgan fingerprint density at radius 3 is 2.37 bits per heavy atom. The summed E-state index contributed by atoms with van der Waals surface area (Å²) in [7, 11) is 4.55. The molecule has 1 rings (SSSR count). The first-order valence-electron chi connectivity index (χ1n) is 6.18. The predicted molar refractivity (Wildman–Crippen MR) is 69.8 cm³/mol. The summed E-state index contributed by atoms with van der Waals surface area (Å²) in [4.78, 5) is 11.8. The molecule has 6 nitrogen and oxygen atoms in total. The van der Waals surface area contributed by atoms with Crippen molar-refractivity contribution in [2.24, 2.45) is 18.9 Å². The Morgan fingerprint density at radius 1 is 1.37 bits per heavy atom. The number of ether oxygens (including phenoxy) is 2. The van der Waals surface area contributed by atoms with Crippen LogP contribution < -0.4 is 4.74 Å². The van der Waals surface area contributed by atoms with Crippen LogP contribution in [0.1, 0.15) is 31.2 Å². The van der Waals surface area contributed by atoms with Crippen LogP contribution in [0, 0.1) is 18.8 Å². The number of carbonyl (C=O) groups excluding carboxylic acids is 1. The number of rotatable bonds is 5. The molecule has 1 heterocycles. The van der Waals surface area contributed by atoms with Gasteiger partial charge >= 0.3 is 5.97 Å². The number of carbonyl (C=O) groups is 1. The average Bonchev–Trinajstić information content (AvgIpc) is 2.62. The fraction of sp³-hybridized carbons (Fsp3) is 0.692. The number of aliphatic hydroxyl groups is 1. The molecule has 0 amide bonds. The number of aromatic nitrogens is 2. The van der Waals surface area contributed by atoms with Crippen molar-refractivity contribution in [2.45, 2.75) is 26.9 Å². The number of nitrogens with zero attached hydrogens (tertiary/aromatic N) is 2. The molecule has 0 fully saturated rings. The summed E-state index contributed by atoms with van der Waals surface area (Å²) < 4.78 is 11.6. The molecule has 0 saturated carbocycles. The molecule has 19 heavy (non-hydrogen) atoms. The van der Waals surface area contributed by atoms with Gasteiger partial charge in [0.2, 0.25) is 5.88 Å². The molecule has 0 aliphatic rings.